The molecule has 0 atom stereocenters. The second-order valence-electron chi connectivity index (χ2n) is 5.43. The highest BCUT2D eigenvalue weighted by molar-refractivity contribution is 7.80. The molecule has 0 fully saturated rings. The van der Waals surface area contributed by atoms with E-state index in [9.17, 15) is 14.4 Å². The van der Waals surface area contributed by atoms with E-state index in [2.05, 4.69) is 20.7 Å². The lowest BCUT2D eigenvalue weighted by atomic mass is 10.2. The topological polar surface area (TPSA) is 96.5 Å². The van der Waals surface area contributed by atoms with Crippen LogP contribution in [0.2, 0.25) is 0 Å². The van der Waals surface area contributed by atoms with Crippen molar-refractivity contribution < 1.29 is 19.1 Å². The normalized spacial score (nSPS) is 10.2. The molecule has 0 aromatic heterocycles. The number of hydrogen-bond acceptors (Lipinski definition) is 5. The van der Waals surface area contributed by atoms with E-state index in [0.717, 1.165) is 12.2 Å². The van der Waals surface area contributed by atoms with Gasteiger partial charge in [-0.2, -0.15) is 0 Å². The van der Waals surface area contributed by atoms with Crippen molar-refractivity contribution in [2.24, 2.45) is 0 Å². The Balaban J connectivity index is 1.84. The number of nitrogens with one attached hydrogen (secondary N) is 3. The Hall–Kier alpha value is -3.52. The molecule has 28 heavy (non-hydrogen) atoms. The fourth-order valence-corrected chi connectivity index (χ4v) is 2.30. The lowest BCUT2D eigenvalue weighted by Crippen LogP contribution is -2.33. The van der Waals surface area contributed by atoms with Gasteiger partial charge in [0.15, 0.2) is 5.11 Å². The van der Waals surface area contributed by atoms with E-state index in [4.69, 9.17) is 12.2 Å². The summed E-state index contributed by atoms with van der Waals surface area (Å²) in [4.78, 5) is 35.0. The van der Waals surface area contributed by atoms with Gasteiger partial charge in [0.2, 0.25) is 5.91 Å². The third-order valence-electron chi connectivity index (χ3n) is 3.33. The van der Waals surface area contributed by atoms with E-state index in [1.807, 2.05) is 6.07 Å². The summed E-state index contributed by atoms with van der Waals surface area (Å²) in [6.07, 6.45) is 2.06. The molecule has 0 saturated carbocycles. The Morgan fingerprint density at radius 2 is 1.54 bits per heavy atom. The summed E-state index contributed by atoms with van der Waals surface area (Å²) in [5, 5.41) is 8.10. The second kappa shape index (κ2) is 10.6. The van der Waals surface area contributed by atoms with E-state index < -0.39 is 11.9 Å². The third kappa shape index (κ3) is 7.00. The second-order valence-corrected chi connectivity index (χ2v) is 5.83. The standard InChI is InChI=1S/C20H19N3O4S/c1-2-27-18(25)13-12-17(24)23-20(28)22-16-10-8-15(9-11-16)21-19(26)14-6-4-3-5-7-14/h3-13H,2H2,1H3,(H,21,26)(H2,22,23,24,28)/b13-12+. The summed E-state index contributed by atoms with van der Waals surface area (Å²) >= 11 is 5.05. The average molecular weight is 397 g/mol. The zero-order chi connectivity index (χ0) is 20.4. The SMILES string of the molecule is CCOC(=O)/C=C/C(=O)NC(=S)Nc1ccc(NC(=O)c2ccccc2)cc1. The first kappa shape index (κ1) is 20.8. The Labute approximate surface area is 167 Å². The minimum Gasteiger partial charge on any atom is -0.463 e. The number of esters is 1. The van der Waals surface area contributed by atoms with E-state index in [1.165, 1.54) is 0 Å². The number of benzene rings is 2. The Bertz CT molecular complexity index is 880. The van der Waals surface area contributed by atoms with E-state index in [1.54, 1.807) is 55.5 Å². The van der Waals surface area contributed by atoms with Gasteiger partial charge in [0.1, 0.15) is 0 Å². The molecule has 8 heteroatoms. The number of hydrogen-bond donors (Lipinski definition) is 3. The molecular weight excluding hydrogens is 378 g/mol. The van der Waals surface area contributed by atoms with Crippen molar-refractivity contribution in [1.82, 2.24) is 5.32 Å². The molecule has 0 heterocycles. The molecule has 0 saturated heterocycles. The first-order valence-corrected chi connectivity index (χ1v) is 8.82. The summed E-state index contributed by atoms with van der Waals surface area (Å²) in [7, 11) is 0. The van der Waals surface area contributed by atoms with Crippen molar-refractivity contribution in [2.45, 2.75) is 6.92 Å². The summed E-state index contributed by atoms with van der Waals surface area (Å²) in [6.45, 7) is 1.90. The Morgan fingerprint density at radius 1 is 0.929 bits per heavy atom. The van der Waals surface area contributed by atoms with Crippen molar-refractivity contribution in [1.29, 1.82) is 0 Å². The molecule has 2 aromatic carbocycles. The number of ether oxygens (including phenoxy) is 1. The van der Waals surface area contributed by atoms with Gasteiger partial charge < -0.3 is 15.4 Å². The average Bonchev–Trinajstić information content (AvgIpc) is 2.69. The van der Waals surface area contributed by atoms with Crippen molar-refractivity contribution in [3.05, 3.63) is 72.3 Å². The molecule has 3 N–H and O–H groups in total. The van der Waals surface area contributed by atoms with Crippen LogP contribution in [0.5, 0.6) is 0 Å². The summed E-state index contributed by atoms with van der Waals surface area (Å²) in [5.74, 6) is -1.38. The Morgan fingerprint density at radius 3 is 2.14 bits per heavy atom. The van der Waals surface area contributed by atoms with Crippen LogP contribution >= 0.6 is 12.2 Å². The van der Waals surface area contributed by atoms with Gasteiger partial charge in [0.25, 0.3) is 5.91 Å². The molecule has 144 valence electrons. The van der Waals surface area contributed by atoms with Crippen LogP contribution in [0.25, 0.3) is 0 Å². The lowest BCUT2D eigenvalue weighted by Gasteiger charge is -2.10. The zero-order valence-electron chi connectivity index (χ0n) is 15.1. The molecular formula is C20H19N3O4S. The summed E-state index contributed by atoms with van der Waals surface area (Å²) in [6, 6.07) is 15.7. The zero-order valence-corrected chi connectivity index (χ0v) is 15.9. The molecule has 2 rings (SSSR count). The third-order valence-corrected chi connectivity index (χ3v) is 3.53. The van der Waals surface area contributed by atoms with Gasteiger partial charge in [-0.05, 0) is 55.5 Å². The quantitative estimate of drug-likeness (QED) is 0.394. The largest absolute Gasteiger partial charge is 0.463 e. The van der Waals surface area contributed by atoms with E-state index >= 15 is 0 Å². The highest BCUT2D eigenvalue weighted by atomic mass is 32.1. The van der Waals surface area contributed by atoms with Crippen molar-refractivity contribution >= 4 is 46.5 Å². The number of amides is 2. The van der Waals surface area contributed by atoms with Crippen LogP contribution in [-0.4, -0.2) is 29.5 Å². The maximum atomic E-state index is 12.1. The monoisotopic (exact) mass is 397 g/mol. The number of rotatable bonds is 6. The Kier molecular flexibility index (Phi) is 7.86. The fraction of sp³-hybridized carbons (Fsp3) is 0.100. The predicted molar refractivity (Wildman–Crippen MR) is 111 cm³/mol. The summed E-state index contributed by atoms with van der Waals surface area (Å²) in [5.41, 5.74) is 1.80. The van der Waals surface area contributed by atoms with Crippen LogP contribution in [0.15, 0.2) is 66.7 Å². The van der Waals surface area contributed by atoms with Crippen molar-refractivity contribution in [3.63, 3.8) is 0 Å². The number of anilines is 2. The van der Waals surface area contributed by atoms with Gasteiger partial charge in [0, 0.05) is 29.1 Å². The molecule has 0 spiro atoms. The first-order valence-electron chi connectivity index (χ1n) is 8.41. The van der Waals surface area contributed by atoms with Crippen LogP contribution in [0, 0.1) is 0 Å². The van der Waals surface area contributed by atoms with Crippen LogP contribution in [0.3, 0.4) is 0 Å². The minimum absolute atomic E-state index is 0.0691. The fourth-order valence-electron chi connectivity index (χ4n) is 2.08. The molecule has 0 radical (unpaired) electrons. The van der Waals surface area contributed by atoms with Gasteiger partial charge >= 0.3 is 5.97 Å². The molecule has 0 bridgehead atoms. The lowest BCUT2D eigenvalue weighted by molar-refractivity contribution is -0.137. The van der Waals surface area contributed by atoms with Crippen molar-refractivity contribution in [2.75, 3.05) is 17.2 Å². The maximum Gasteiger partial charge on any atom is 0.330 e. The molecule has 2 amide bonds. The van der Waals surface area contributed by atoms with Gasteiger partial charge in [-0.3, -0.25) is 14.9 Å². The highest BCUT2D eigenvalue weighted by Gasteiger charge is 2.06. The molecule has 7 nitrogen and oxygen atoms in total. The van der Waals surface area contributed by atoms with Crippen LogP contribution in [0.1, 0.15) is 17.3 Å². The molecule has 2 aromatic rings. The van der Waals surface area contributed by atoms with E-state index in [0.29, 0.717) is 16.9 Å². The smallest absolute Gasteiger partial charge is 0.330 e. The van der Waals surface area contributed by atoms with E-state index in [-0.39, 0.29) is 17.6 Å². The molecule has 0 aliphatic heterocycles. The predicted octanol–water partition coefficient (Wildman–Crippen LogP) is 2.87. The molecule has 0 aliphatic carbocycles. The van der Waals surface area contributed by atoms with Crippen LogP contribution in [-0.2, 0) is 14.3 Å². The summed E-state index contributed by atoms with van der Waals surface area (Å²) < 4.78 is 4.68. The number of thiocarbonyl (C=S) groups is 1. The molecule has 0 aliphatic rings. The molecule has 0 unspecified atom stereocenters. The van der Waals surface area contributed by atoms with Crippen LogP contribution < -0.4 is 16.0 Å². The minimum atomic E-state index is -0.607. The van der Waals surface area contributed by atoms with Gasteiger partial charge in [-0.15, -0.1) is 0 Å². The highest BCUT2D eigenvalue weighted by Crippen LogP contribution is 2.14. The number of carbonyl (C=O) groups excluding carboxylic acids is 3. The number of carbonyl (C=O) groups is 3. The van der Waals surface area contributed by atoms with Gasteiger partial charge in [0.05, 0.1) is 6.61 Å². The van der Waals surface area contributed by atoms with Gasteiger partial charge in [-0.1, -0.05) is 18.2 Å². The van der Waals surface area contributed by atoms with Crippen molar-refractivity contribution in [3.8, 4) is 0 Å². The van der Waals surface area contributed by atoms with Crippen LogP contribution in [0.4, 0.5) is 11.4 Å². The first-order chi connectivity index (χ1) is 13.5. The van der Waals surface area contributed by atoms with Gasteiger partial charge in [-0.25, -0.2) is 4.79 Å². The maximum absolute atomic E-state index is 12.1.